The molecule has 1 aromatic heterocycles. The van der Waals surface area contributed by atoms with E-state index >= 15 is 0 Å². The average molecular weight is 484 g/mol. The van der Waals surface area contributed by atoms with Gasteiger partial charge in [0.15, 0.2) is 0 Å². The molecule has 0 radical (unpaired) electrons. The monoisotopic (exact) mass is 483 g/mol. The van der Waals surface area contributed by atoms with Crippen LogP contribution in [0.4, 0.5) is 16.5 Å². The van der Waals surface area contributed by atoms with Crippen LogP contribution >= 0.6 is 22.9 Å². The van der Waals surface area contributed by atoms with Gasteiger partial charge in [-0.05, 0) is 43.2 Å². The predicted octanol–water partition coefficient (Wildman–Crippen LogP) is 4.31. The number of aromatic nitrogens is 2. The van der Waals surface area contributed by atoms with E-state index in [-0.39, 0.29) is 24.8 Å². The van der Waals surface area contributed by atoms with Crippen molar-refractivity contribution in [2.24, 2.45) is 5.92 Å². The molecule has 2 heterocycles. The van der Waals surface area contributed by atoms with Gasteiger partial charge in [-0.2, -0.15) is 0 Å². The summed E-state index contributed by atoms with van der Waals surface area (Å²) in [5.74, 6) is -1.43. The van der Waals surface area contributed by atoms with E-state index in [1.54, 1.807) is 35.2 Å². The predicted molar refractivity (Wildman–Crippen MR) is 129 cm³/mol. The van der Waals surface area contributed by atoms with E-state index in [0.29, 0.717) is 27.1 Å². The van der Waals surface area contributed by atoms with Crippen LogP contribution in [0.1, 0.15) is 34.3 Å². The molecule has 1 atom stereocenters. The number of carbonyl (C=O) groups is 3. The van der Waals surface area contributed by atoms with E-state index in [1.165, 1.54) is 11.3 Å². The maximum atomic E-state index is 13.0. The first-order valence-corrected chi connectivity index (χ1v) is 11.6. The van der Waals surface area contributed by atoms with Crippen molar-refractivity contribution in [1.29, 1.82) is 0 Å². The molecule has 3 amide bonds. The number of nitrogens with one attached hydrogen (secondary N) is 2. The summed E-state index contributed by atoms with van der Waals surface area (Å²) in [6, 6.07) is 12.1. The summed E-state index contributed by atoms with van der Waals surface area (Å²) in [6.45, 7) is 4.08. The molecule has 0 bridgehead atoms. The van der Waals surface area contributed by atoms with E-state index < -0.39 is 11.8 Å². The first kappa shape index (κ1) is 22.9. The topological polar surface area (TPSA) is 104 Å². The summed E-state index contributed by atoms with van der Waals surface area (Å²) in [5, 5.41) is 15.3. The number of anilines is 3. The smallest absolute Gasteiger partial charge is 0.259 e. The molecule has 1 unspecified atom stereocenters. The highest BCUT2D eigenvalue weighted by Gasteiger charge is 2.35. The second-order valence-electron chi connectivity index (χ2n) is 7.68. The maximum absolute atomic E-state index is 13.0. The highest BCUT2D eigenvalue weighted by Crippen LogP contribution is 2.30. The Bertz CT molecular complexity index is 1230. The van der Waals surface area contributed by atoms with E-state index in [1.807, 2.05) is 26.0 Å². The maximum Gasteiger partial charge on any atom is 0.259 e. The Kier molecular flexibility index (Phi) is 6.71. The number of halogens is 1. The lowest BCUT2D eigenvalue weighted by molar-refractivity contribution is -0.122. The Hall–Kier alpha value is -3.30. The summed E-state index contributed by atoms with van der Waals surface area (Å²) < 4.78 is 0. The average Bonchev–Trinajstić information content (AvgIpc) is 3.42. The highest BCUT2D eigenvalue weighted by atomic mass is 35.5. The van der Waals surface area contributed by atoms with Crippen molar-refractivity contribution in [2.75, 3.05) is 22.1 Å². The minimum absolute atomic E-state index is 0.0796. The number of nitrogens with zero attached hydrogens (tertiary/aromatic N) is 3. The Labute approximate surface area is 200 Å². The van der Waals surface area contributed by atoms with Gasteiger partial charge in [-0.1, -0.05) is 48.1 Å². The van der Waals surface area contributed by atoms with Crippen LogP contribution in [0.3, 0.4) is 0 Å². The fourth-order valence-electron chi connectivity index (χ4n) is 3.52. The van der Waals surface area contributed by atoms with Gasteiger partial charge < -0.3 is 10.2 Å². The van der Waals surface area contributed by atoms with Crippen molar-refractivity contribution in [3.63, 3.8) is 0 Å². The zero-order chi connectivity index (χ0) is 23.5. The fourth-order valence-corrected chi connectivity index (χ4v) is 4.37. The molecular formula is C23H22ClN5O3S. The zero-order valence-corrected chi connectivity index (χ0v) is 19.7. The number of hydrogen-bond acceptors (Lipinski definition) is 6. The molecule has 1 aliphatic heterocycles. The fraction of sp³-hybridized carbons (Fsp3) is 0.261. The summed E-state index contributed by atoms with van der Waals surface area (Å²) >= 11 is 7.50. The Morgan fingerprint density at radius 3 is 2.70 bits per heavy atom. The van der Waals surface area contributed by atoms with Crippen LogP contribution in [0.25, 0.3) is 0 Å². The lowest BCUT2D eigenvalue weighted by Gasteiger charge is -2.18. The molecule has 0 aliphatic carbocycles. The highest BCUT2D eigenvalue weighted by molar-refractivity contribution is 7.15. The van der Waals surface area contributed by atoms with Crippen LogP contribution in [0, 0.1) is 12.8 Å². The van der Waals surface area contributed by atoms with Gasteiger partial charge in [0.05, 0.1) is 17.2 Å². The number of para-hydroxylation sites is 1. The second-order valence-corrected chi connectivity index (χ2v) is 9.15. The van der Waals surface area contributed by atoms with Crippen molar-refractivity contribution in [3.05, 3.63) is 63.6 Å². The van der Waals surface area contributed by atoms with Crippen LogP contribution in [0.5, 0.6) is 0 Å². The van der Waals surface area contributed by atoms with Crippen LogP contribution in [-0.4, -0.2) is 34.5 Å². The molecule has 10 heteroatoms. The molecular weight excluding hydrogens is 462 g/mol. The van der Waals surface area contributed by atoms with Gasteiger partial charge in [0.25, 0.3) is 5.91 Å². The van der Waals surface area contributed by atoms with Crippen LogP contribution in [0.15, 0.2) is 42.5 Å². The van der Waals surface area contributed by atoms with Crippen molar-refractivity contribution in [3.8, 4) is 0 Å². The molecule has 4 rings (SSSR count). The van der Waals surface area contributed by atoms with Gasteiger partial charge in [0, 0.05) is 23.7 Å². The molecule has 3 aromatic rings. The molecule has 0 spiro atoms. The van der Waals surface area contributed by atoms with Gasteiger partial charge in [0.2, 0.25) is 16.9 Å². The molecule has 33 heavy (non-hydrogen) atoms. The Morgan fingerprint density at radius 2 is 1.97 bits per heavy atom. The van der Waals surface area contributed by atoms with Crippen molar-refractivity contribution < 1.29 is 14.4 Å². The van der Waals surface area contributed by atoms with E-state index in [0.717, 1.165) is 17.0 Å². The van der Waals surface area contributed by atoms with Gasteiger partial charge in [-0.15, -0.1) is 10.2 Å². The van der Waals surface area contributed by atoms with Crippen molar-refractivity contribution in [1.82, 2.24) is 10.2 Å². The molecule has 1 saturated heterocycles. The summed E-state index contributed by atoms with van der Waals surface area (Å²) in [5.41, 5.74) is 2.24. The SMILES string of the molecule is CCc1nnc(NC(=O)c2ccccc2NC(=O)C2CC(=O)N(c3ccc(C)c(Cl)c3)C2)s1. The number of hydrogen-bond donors (Lipinski definition) is 2. The zero-order valence-electron chi connectivity index (χ0n) is 18.1. The normalized spacial score (nSPS) is 15.5. The summed E-state index contributed by atoms with van der Waals surface area (Å²) in [4.78, 5) is 39.9. The molecule has 0 saturated carbocycles. The van der Waals surface area contributed by atoms with Gasteiger partial charge in [0.1, 0.15) is 5.01 Å². The minimum atomic E-state index is -0.552. The lowest BCUT2D eigenvalue weighted by atomic mass is 10.1. The van der Waals surface area contributed by atoms with Gasteiger partial charge in [-0.3, -0.25) is 19.7 Å². The Balaban J connectivity index is 1.46. The third kappa shape index (κ3) is 5.04. The second kappa shape index (κ2) is 9.68. The summed E-state index contributed by atoms with van der Waals surface area (Å²) in [7, 11) is 0. The number of rotatable bonds is 6. The van der Waals surface area contributed by atoms with Gasteiger partial charge >= 0.3 is 0 Å². The third-order valence-electron chi connectivity index (χ3n) is 5.38. The van der Waals surface area contributed by atoms with E-state index in [4.69, 9.17) is 11.6 Å². The summed E-state index contributed by atoms with van der Waals surface area (Å²) in [6.07, 6.45) is 0.808. The van der Waals surface area contributed by atoms with Crippen LogP contribution < -0.4 is 15.5 Å². The first-order valence-electron chi connectivity index (χ1n) is 10.5. The molecule has 170 valence electrons. The number of aryl methyl sites for hydroxylation is 2. The van der Waals surface area contributed by atoms with Crippen LogP contribution in [-0.2, 0) is 16.0 Å². The van der Waals surface area contributed by atoms with Gasteiger partial charge in [-0.25, -0.2) is 0 Å². The van der Waals surface area contributed by atoms with Crippen molar-refractivity contribution in [2.45, 2.75) is 26.7 Å². The van der Waals surface area contributed by atoms with Crippen LogP contribution in [0.2, 0.25) is 5.02 Å². The number of amides is 3. The first-order chi connectivity index (χ1) is 15.9. The van der Waals surface area contributed by atoms with Crippen molar-refractivity contribution >= 4 is 57.2 Å². The standard InChI is InChI=1S/C23H22ClN5O3S/c1-3-19-27-28-23(33-19)26-22(32)16-6-4-5-7-18(16)25-21(31)14-10-20(30)29(12-14)15-9-8-13(2)17(24)11-15/h4-9,11,14H,3,10,12H2,1-2H3,(H,25,31)(H,26,28,32). The molecule has 2 aromatic carbocycles. The Morgan fingerprint density at radius 1 is 1.18 bits per heavy atom. The molecule has 8 nitrogen and oxygen atoms in total. The number of carbonyl (C=O) groups excluding carboxylic acids is 3. The number of benzene rings is 2. The van der Waals surface area contributed by atoms with E-state index in [2.05, 4.69) is 20.8 Å². The molecule has 1 fully saturated rings. The molecule has 2 N–H and O–H groups in total. The lowest BCUT2D eigenvalue weighted by Crippen LogP contribution is -2.28. The minimum Gasteiger partial charge on any atom is -0.325 e. The van der Waals surface area contributed by atoms with E-state index in [9.17, 15) is 14.4 Å². The largest absolute Gasteiger partial charge is 0.325 e. The third-order valence-corrected chi connectivity index (χ3v) is 6.77. The molecule has 1 aliphatic rings. The quantitative estimate of drug-likeness (QED) is 0.543.